The van der Waals surface area contributed by atoms with Crippen molar-refractivity contribution in [2.24, 2.45) is 12.0 Å². The number of fused-ring (bicyclic) bond motifs is 1. The second kappa shape index (κ2) is 10.7. The summed E-state index contributed by atoms with van der Waals surface area (Å²) in [5, 5.41) is 8.86. The molecule has 2 aromatic heterocycles. The first-order chi connectivity index (χ1) is 14.2. The first kappa shape index (κ1) is 22.5. The van der Waals surface area contributed by atoms with Gasteiger partial charge in [-0.2, -0.15) is 5.10 Å². The number of guanidine groups is 1. The van der Waals surface area contributed by atoms with Gasteiger partial charge in [0.2, 0.25) is 0 Å². The van der Waals surface area contributed by atoms with Gasteiger partial charge in [-0.25, -0.2) is 0 Å². The maximum atomic E-state index is 5.96. The molecule has 3 aromatic rings. The molecule has 30 heavy (non-hydrogen) atoms. The first-order valence-corrected chi connectivity index (χ1v) is 10.2. The second-order valence-corrected chi connectivity index (χ2v) is 7.23. The third kappa shape index (κ3) is 5.48. The third-order valence-corrected chi connectivity index (χ3v) is 5.08. The Morgan fingerprint density at radius 1 is 1.27 bits per heavy atom. The monoisotopic (exact) mass is 520 g/mol. The molecule has 1 fully saturated rings. The predicted molar refractivity (Wildman–Crippen MR) is 130 cm³/mol. The molecular formula is C22H29IN6O. The van der Waals surface area contributed by atoms with E-state index < -0.39 is 0 Å². The minimum atomic E-state index is 0. The molecule has 3 heterocycles. The summed E-state index contributed by atoms with van der Waals surface area (Å²) in [6.45, 7) is 5.91. The van der Waals surface area contributed by atoms with Crippen LogP contribution in [0.2, 0.25) is 0 Å². The minimum Gasteiger partial charge on any atom is -0.370 e. The van der Waals surface area contributed by atoms with E-state index in [9.17, 15) is 0 Å². The van der Waals surface area contributed by atoms with Crippen LogP contribution in [0.25, 0.3) is 10.9 Å². The van der Waals surface area contributed by atoms with E-state index in [4.69, 9.17) is 14.7 Å². The number of hydrogen-bond acceptors (Lipinski definition) is 4. The Morgan fingerprint density at radius 3 is 2.93 bits per heavy atom. The summed E-state index contributed by atoms with van der Waals surface area (Å²) < 4.78 is 7.78. The largest absolute Gasteiger partial charge is 0.370 e. The van der Waals surface area contributed by atoms with Gasteiger partial charge in [-0.15, -0.1) is 24.0 Å². The molecule has 7 nitrogen and oxygen atoms in total. The lowest BCUT2D eigenvalue weighted by Crippen LogP contribution is -2.48. The lowest BCUT2D eigenvalue weighted by atomic mass is 10.1. The smallest absolute Gasteiger partial charge is 0.194 e. The van der Waals surface area contributed by atoms with Crippen LogP contribution in [-0.2, 0) is 18.2 Å². The molecule has 1 N–H and O–H groups in total. The quantitative estimate of drug-likeness (QED) is 0.318. The highest BCUT2D eigenvalue weighted by Crippen LogP contribution is 2.21. The summed E-state index contributed by atoms with van der Waals surface area (Å²) in [7, 11) is 1.93. The van der Waals surface area contributed by atoms with E-state index in [1.807, 2.05) is 36.3 Å². The lowest BCUT2D eigenvalue weighted by Gasteiger charge is -2.34. The van der Waals surface area contributed by atoms with Gasteiger partial charge in [-0.3, -0.25) is 14.7 Å². The summed E-state index contributed by atoms with van der Waals surface area (Å²) in [5.41, 5.74) is 3.21. The predicted octanol–water partition coefficient (Wildman–Crippen LogP) is 3.17. The van der Waals surface area contributed by atoms with Gasteiger partial charge in [0.15, 0.2) is 5.96 Å². The van der Waals surface area contributed by atoms with Crippen molar-refractivity contribution >= 4 is 40.8 Å². The summed E-state index contributed by atoms with van der Waals surface area (Å²) in [5.74, 6) is 0.936. The standard InChI is InChI=1S/C22H28N6O.HI/c1-3-23-22(28-12-13-29-21(16-28)18-14-25-27(2)15-18)24-11-10-19-9-8-17-6-4-5-7-20(17)26-19;/h4-9,14-15,21H,3,10-13,16H2,1-2H3,(H,23,24);1H. The molecule has 1 atom stereocenters. The van der Waals surface area contributed by atoms with Crippen molar-refractivity contribution in [3.63, 3.8) is 0 Å². The second-order valence-electron chi connectivity index (χ2n) is 7.23. The van der Waals surface area contributed by atoms with Crippen LogP contribution >= 0.6 is 24.0 Å². The fourth-order valence-corrected chi connectivity index (χ4v) is 3.60. The van der Waals surface area contributed by atoms with Crippen LogP contribution in [0.3, 0.4) is 0 Å². The molecule has 0 spiro atoms. The van der Waals surface area contributed by atoms with Crippen molar-refractivity contribution in [3.8, 4) is 0 Å². The van der Waals surface area contributed by atoms with Gasteiger partial charge in [0, 0.05) is 55.9 Å². The minimum absolute atomic E-state index is 0. The summed E-state index contributed by atoms with van der Waals surface area (Å²) >= 11 is 0. The van der Waals surface area contributed by atoms with Crippen LogP contribution < -0.4 is 5.32 Å². The summed E-state index contributed by atoms with van der Waals surface area (Å²) in [4.78, 5) is 11.9. The first-order valence-electron chi connectivity index (χ1n) is 10.2. The number of nitrogens with one attached hydrogen (secondary N) is 1. The van der Waals surface area contributed by atoms with Gasteiger partial charge >= 0.3 is 0 Å². The highest BCUT2D eigenvalue weighted by Gasteiger charge is 2.25. The normalized spacial score (nSPS) is 17.1. The molecule has 0 saturated carbocycles. The number of aliphatic imine (C=N–C) groups is 1. The maximum absolute atomic E-state index is 5.96. The van der Waals surface area contributed by atoms with Crippen molar-refractivity contribution in [1.29, 1.82) is 0 Å². The Kier molecular flexibility index (Phi) is 8.03. The number of halogens is 1. The van der Waals surface area contributed by atoms with Crippen molar-refractivity contribution in [3.05, 3.63) is 60.0 Å². The van der Waals surface area contributed by atoms with Gasteiger partial charge < -0.3 is 15.0 Å². The highest BCUT2D eigenvalue weighted by molar-refractivity contribution is 14.0. The molecule has 0 amide bonds. The Balaban J connectivity index is 0.00000256. The Morgan fingerprint density at radius 2 is 2.13 bits per heavy atom. The van der Waals surface area contributed by atoms with Gasteiger partial charge in [0.25, 0.3) is 0 Å². The molecule has 1 aliphatic heterocycles. The molecule has 1 saturated heterocycles. The van der Waals surface area contributed by atoms with E-state index in [2.05, 4.69) is 46.5 Å². The molecule has 1 aromatic carbocycles. The van der Waals surface area contributed by atoms with Crippen LogP contribution in [0.5, 0.6) is 0 Å². The molecule has 160 valence electrons. The van der Waals surface area contributed by atoms with E-state index in [0.29, 0.717) is 13.2 Å². The third-order valence-electron chi connectivity index (χ3n) is 5.08. The van der Waals surface area contributed by atoms with Gasteiger partial charge in [0.1, 0.15) is 6.10 Å². The molecular weight excluding hydrogens is 491 g/mol. The number of pyridine rings is 1. The van der Waals surface area contributed by atoms with Crippen LogP contribution in [0.4, 0.5) is 0 Å². The van der Waals surface area contributed by atoms with Gasteiger partial charge in [0.05, 0.1) is 24.9 Å². The molecule has 8 heteroatoms. The van der Waals surface area contributed by atoms with E-state index in [-0.39, 0.29) is 30.1 Å². The van der Waals surface area contributed by atoms with Crippen LogP contribution in [0.15, 0.2) is 53.8 Å². The van der Waals surface area contributed by atoms with Crippen LogP contribution in [0, 0.1) is 0 Å². The zero-order valence-corrected chi connectivity index (χ0v) is 19.8. The number of aryl methyl sites for hydroxylation is 1. The van der Waals surface area contributed by atoms with Gasteiger partial charge in [-0.05, 0) is 19.1 Å². The number of nitrogens with zero attached hydrogens (tertiary/aromatic N) is 5. The molecule has 4 rings (SSSR count). The number of morpholine rings is 1. The van der Waals surface area contributed by atoms with Crippen molar-refractivity contribution in [2.45, 2.75) is 19.4 Å². The molecule has 0 radical (unpaired) electrons. The number of ether oxygens (including phenoxy) is 1. The Labute approximate surface area is 194 Å². The SMILES string of the molecule is CCNC(=NCCc1ccc2ccccc2n1)N1CCOC(c2cnn(C)c2)C1.I. The molecule has 0 aliphatic carbocycles. The van der Waals surface area contributed by atoms with Crippen molar-refractivity contribution in [1.82, 2.24) is 25.0 Å². The zero-order chi connectivity index (χ0) is 20.1. The van der Waals surface area contributed by atoms with Crippen molar-refractivity contribution in [2.75, 3.05) is 32.8 Å². The fraction of sp³-hybridized carbons (Fsp3) is 0.409. The number of hydrogen-bond donors (Lipinski definition) is 1. The molecule has 0 bridgehead atoms. The highest BCUT2D eigenvalue weighted by atomic mass is 127. The lowest BCUT2D eigenvalue weighted by molar-refractivity contribution is -0.00803. The maximum Gasteiger partial charge on any atom is 0.194 e. The average molecular weight is 520 g/mol. The zero-order valence-electron chi connectivity index (χ0n) is 17.5. The number of benzene rings is 1. The average Bonchev–Trinajstić information content (AvgIpc) is 3.19. The summed E-state index contributed by atoms with van der Waals surface area (Å²) in [6.07, 6.45) is 4.73. The van der Waals surface area contributed by atoms with E-state index in [1.165, 1.54) is 5.39 Å². The fourth-order valence-electron chi connectivity index (χ4n) is 3.60. The van der Waals surface area contributed by atoms with E-state index in [1.54, 1.807) is 0 Å². The Hall–Kier alpha value is -2.20. The van der Waals surface area contributed by atoms with Crippen LogP contribution in [-0.4, -0.2) is 58.4 Å². The topological polar surface area (TPSA) is 67.6 Å². The van der Waals surface area contributed by atoms with Crippen LogP contribution in [0.1, 0.15) is 24.3 Å². The number of aromatic nitrogens is 3. The van der Waals surface area contributed by atoms with E-state index >= 15 is 0 Å². The van der Waals surface area contributed by atoms with E-state index in [0.717, 1.165) is 48.8 Å². The summed E-state index contributed by atoms with van der Waals surface area (Å²) in [6, 6.07) is 12.4. The molecule has 1 unspecified atom stereocenters. The Bertz CT molecular complexity index is 988. The van der Waals surface area contributed by atoms with Crippen molar-refractivity contribution < 1.29 is 4.74 Å². The molecule has 1 aliphatic rings. The number of rotatable bonds is 5. The number of para-hydroxylation sites is 1. The van der Waals surface area contributed by atoms with Gasteiger partial charge in [-0.1, -0.05) is 24.3 Å².